The van der Waals surface area contributed by atoms with Crippen molar-refractivity contribution >= 4 is 33.4 Å². The summed E-state index contributed by atoms with van der Waals surface area (Å²) in [6.45, 7) is 1.54. The van der Waals surface area contributed by atoms with Gasteiger partial charge in [-0.05, 0) is 32.3 Å². The fourth-order valence-electron chi connectivity index (χ4n) is 1.78. The van der Waals surface area contributed by atoms with Crippen LogP contribution in [0.15, 0.2) is 22.7 Å². The van der Waals surface area contributed by atoms with E-state index >= 15 is 0 Å². The summed E-state index contributed by atoms with van der Waals surface area (Å²) in [5.74, 6) is 0.00870. The smallest absolute Gasteiger partial charge is 0.255 e. The van der Waals surface area contributed by atoms with Crippen molar-refractivity contribution in [2.24, 2.45) is 0 Å². The highest BCUT2D eigenvalue weighted by Gasteiger charge is 2.33. The van der Waals surface area contributed by atoms with E-state index in [1.165, 1.54) is 0 Å². The van der Waals surface area contributed by atoms with Gasteiger partial charge in [-0.25, -0.2) is 0 Å². The first-order valence-corrected chi connectivity index (χ1v) is 6.57. The van der Waals surface area contributed by atoms with Gasteiger partial charge >= 0.3 is 0 Å². The summed E-state index contributed by atoms with van der Waals surface area (Å²) in [7, 11) is 4.05. The zero-order chi connectivity index (χ0) is 12.6. The molecule has 5 heteroatoms. The van der Waals surface area contributed by atoms with Crippen molar-refractivity contribution in [3.05, 3.63) is 33.3 Å². The van der Waals surface area contributed by atoms with Crippen LogP contribution < -0.4 is 0 Å². The molecule has 0 bridgehead atoms. The van der Waals surface area contributed by atoms with Gasteiger partial charge in [0.05, 0.1) is 10.6 Å². The number of hydrogen-bond acceptors (Lipinski definition) is 2. The Labute approximate surface area is 114 Å². The van der Waals surface area contributed by atoms with Gasteiger partial charge in [0.1, 0.15) is 0 Å². The third-order valence-electron chi connectivity index (χ3n) is 3.04. The predicted molar refractivity (Wildman–Crippen MR) is 72.5 cm³/mol. The maximum atomic E-state index is 12.2. The number of carbonyl (C=O) groups excluding carboxylic acids is 1. The first-order valence-electron chi connectivity index (χ1n) is 5.40. The van der Waals surface area contributed by atoms with E-state index in [9.17, 15) is 4.79 Å². The van der Waals surface area contributed by atoms with Gasteiger partial charge in [-0.2, -0.15) is 0 Å². The normalized spacial score (nSPS) is 16.2. The van der Waals surface area contributed by atoms with Crippen LogP contribution in [0.5, 0.6) is 0 Å². The van der Waals surface area contributed by atoms with Gasteiger partial charge in [0, 0.05) is 23.6 Å². The number of benzene rings is 1. The van der Waals surface area contributed by atoms with Crippen molar-refractivity contribution in [2.75, 3.05) is 27.2 Å². The number of likely N-dealkylation sites (N-methyl/N-ethyl adjacent to an activating group) is 1. The first kappa shape index (κ1) is 12.9. The summed E-state index contributed by atoms with van der Waals surface area (Å²) in [5, 5.41) is 0.506. The van der Waals surface area contributed by atoms with Crippen LogP contribution >= 0.6 is 27.5 Å². The molecule has 17 heavy (non-hydrogen) atoms. The number of halogens is 2. The molecule has 92 valence electrons. The van der Waals surface area contributed by atoms with E-state index in [1.807, 2.05) is 25.1 Å². The third kappa shape index (κ3) is 2.64. The summed E-state index contributed by atoms with van der Waals surface area (Å²) < 4.78 is 0.870. The lowest BCUT2D eigenvalue weighted by atomic mass is 10.1. The van der Waals surface area contributed by atoms with E-state index in [1.54, 1.807) is 12.1 Å². The largest absolute Gasteiger partial charge is 0.335 e. The Morgan fingerprint density at radius 1 is 1.47 bits per heavy atom. The highest BCUT2D eigenvalue weighted by Crippen LogP contribution is 2.24. The quantitative estimate of drug-likeness (QED) is 0.837. The maximum Gasteiger partial charge on any atom is 0.255 e. The molecule has 1 aromatic rings. The van der Waals surface area contributed by atoms with E-state index in [4.69, 9.17) is 11.6 Å². The fraction of sp³-hybridized carbons (Fsp3) is 0.417. The SMILES string of the molecule is CN(C)C1CN(C(=O)c2cc(Br)ccc2Cl)C1. The Morgan fingerprint density at radius 2 is 2.12 bits per heavy atom. The first-order chi connectivity index (χ1) is 7.99. The van der Waals surface area contributed by atoms with Crippen molar-refractivity contribution in [2.45, 2.75) is 6.04 Å². The molecule has 1 amide bonds. The molecule has 1 aromatic carbocycles. The van der Waals surface area contributed by atoms with Gasteiger partial charge in [0.2, 0.25) is 0 Å². The predicted octanol–water partition coefficient (Wildman–Crippen LogP) is 2.49. The van der Waals surface area contributed by atoms with Gasteiger partial charge in [0.25, 0.3) is 5.91 Å². The van der Waals surface area contributed by atoms with Crippen LogP contribution in [0.25, 0.3) is 0 Å². The van der Waals surface area contributed by atoms with Gasteiger partial charge in [-0.3, -0.25) is 4.79 Å². The number of likely N-dealkylation sites (tertiary alicyclic amines) is 1. The molecule has 0 saturated carbocycles. The van der Waals surface area contributed by atoms with Crippen LogP contribution in [-0.2, 0) is 0 Å². The molecule has 0 radical (unpaired) electrons. The summed E-state index contributed by atoms with van der Waals surface area (Å²) in [5.41, 5.74) is 0.568. The van der Waals surface area contributed by atoms with Crippen LogP contribution in [0, 0.1) is 0 Å². The Balaban J connectivity index is 2.09. The molecule has 1 aliphatic heterocycles. The zero-order valence-corrected chi connectivity index (χ0v) is 12.1. The summed E-state index contributed by atoms with van der Waals surface area (Å²) in [4.78, 5) is 16.1. The minimum absolute atomic E-state index is 0.00870. The van der Waals surface area contributed by atoms with Crippen LogP contribution in [0.2, 0.25) is 5.02 Å². The fourth-order valence-corrected chi connectivity index (χ4v) is 2.34. The second kappa shape index (κ2) is 4.96. The van der Waals surface area contributed by atoms with Crippen LogP contribution in [-0.4, -0.2) is 48.9 Å². The maximum absolute atomic E-state index is 12.2. The highest BCUT2D eigenvalue weighted by atomic mass is 79.9. The molecule has 1 saturated heterocycles. The summed E-state index contributed by atoms with van der Waals surface area (Å²) in [6, 6.07) is 5.80. The molecule has 3 nitrogen and oxygen atoms in total. The van der Waals surface area contributed by atoms with Crippen molar-refractivity contribution in [1.29, 1.82) is 0 Å². The molecule has 0 N–H and O–H groups in total. The molecule has 0 aliphatic carbocycles. The molecule has 0 atom stereocenters. The molecular formula is C12H14BrClN2O. The molecule has 1 aliphatic rings. The minimum atomic E-state index is 0.00870. The monoisotopic (exact) mass is 316 g/mol. The summed E-state index contributed by atoms with van der Waals surface area (Å²) in [6.07, 6.45) is 0. The average molecular weight is 318 g/mol. The Bertz CT molecular complexity index is 444. The Hall–Kier alpha value is -0.580. The molecule has 1 heterocycles. The number of carbonyl (C=O) groups is 1. The van der Waals surface area contributed by atoms with Crippen molar-refractivity contribution in [3.63, 3.8) is 0 Å². The summed E-state index contributed by atoms with van der Waals surface area (Å²) >= 11 is 9.39. The average Bonchev–Trinajstić information content (AvgIpc) is 2.18. The number of nitrogens with zero attached hydrogens (tertiary/aromatic N) is 2. The van der Waals surface area contributed by atoms with E-state index in [0.29, 0.717) is 16.6 Å². The molecule has 0 unspecified atom stereocenters. The second-order valence-corrected chi connectivity index (χ2v) is 5.77. The number of hydrogen-bond donors (Lipinski definition) is 0. The van der Waals surface area contributed by atoms with E-state index in [-0.39, 0.29) is 5.91 Å². The van der Waals surface area contributed by atoms with Crippen molar-refractivity contribution in [1.82, 2.24) is 9.80 Å². The van der Waals surface area contributed by atoms with Crippen molar-refractivity contribution in [3.8, 4) is 0 Å². The third-order valence-corrected chi connectivity index (χ3v) is 3.86. The Kier molecular flexibility index (Phi) is 3.76. The van der Waals surface area contributed by atoms with Gasteiger partial charge in [0.15, 0.2) is 0 Å². The van der Waals surface area contributed by atoms with E-state index in [2.05, 4.69) is 20.8 Å². The molecule has 0 aromatic heterocycles. The minimum Gasteiger partial charge on any atom is -0.335 e. The van der Waals surface area contributed by atoms with Crippen LogP contribution in [0.4, 0.5) is 0 Å². The standard InChI is InChI=1S/C12H14BrClN2O/c1-15(2)9-6-16(7-9)12(17)10-5-8(13)3-4-11(10)14/h3-5,9H,6-7H2,1-2H3. The van der Waals surface area contributed by atoms with Gasteiger partial charge < -0.3 is 9.80 Å². The molecule has 2 rings (SSSR count). The lowest BCUT2D eigenvalue weighted by molar-refractivity contribution is 0.0399. The van der Waals surface area contributed by atoms with Crippen LogP contribution in [0.3, 0.4) is 0 Å². The van der Waals surface area contributed by atoms with Gasteiger partial charge in [-0.15, -0.1) is 0 Å². The van der Waals surface area contributed by atoms with Gasteiger partial charge in [-0.1, -0.05) is 27.5 Å². The highest BCUT2D eigenvalue weighted by molar-refractivity contribution is 9.10. The zero-order valence-electron chi connectivity index (χ0n) is 9.78. The topological polar surface area (TPSA) is 23.6 Å². The number of rotatable bonds is 2. The number of amides is 1. The molecular weight excluding hydrogens is 304 g/mol. The van der Waals surface area contributed by atoms with E-state index < -0.39 is 0 Å². The lowest BCUT2D eigenvalue weighted by Crippen LogP contribution is -2.59. The molecule has 0 spiro atoms. The molecule has 1 fully saturated rings. The van der Waals surface area contributed by atoms with Crippen molar-refractivity contribution < 1.29 is 4.79 Å². The Morgan fingerprint density at radius 3 is 2.71 bits per heavy atom. The lowest BCUT2D eigenvalue weighted by Gasteiger charge is -2.42. The van der Waals surface area contributed by atoms with Crippen LogP contribution in [0.1, 0.15) is 10.4 Å². The van der Waals surface area contributed by atoms with E-state index in [0.717, 1.165) is 17.6 Å². The second-order valence-electron chi connectivity index (χ2n) is 4.45.